The Kier molecular flexibility index (Phi) is 3.81. The van der Waals surface area contributed by atoms with Crippen LogP contribution in [0.1, 0.15) is 33.1 Å². The van der Waals surface area contributed by atoms with Crippen LogP contribution in [0.15, 0.2) is 11.6 Å². The Balaban J connectivity index is 1.62. The lowest BCUT2D eigenvalue weighted by atomic mass is 10.1. The first-order valence-corrected chi connectivity index (χ1v) is 6.35. The summed E-state index contributed by atoms with van der Waals surface area (Å²) >= 11 is 0. The van der Waals surface area contributed by atoms with Gasteiger partial charge in [-0.1, -0.05) is 18.6 Å². The van der Waals surface area contributed by atoms with Gasteiger partial charge in [-0.3, -0.25) is 4.90 Å². The van der Waals surface area contributed by atoms with Gasteiger partial charge in [0.15, 0.2) is 0 Å². The molecule has 86 valence electrons. The predicted octanol–water partition coefficient (Wildman–Crippen LogP) is 2.03. The van der Waals surface area contributed by atoms with Gasteiger partial charge in [0, 0.05) is 25.7 Å². The van der Waals surface area contributed by atoms with E-state index in [-0.39, 0.29) is 0 Å². The van der Waals surface area contributed by atoms with Crippen molar-refractivity contribution in [2.45, 2.75) is 39.2 Å². The van der Waals surface area contributed by atoms with E-state index < -0.39 is 0 Å². The molecule has 0 saturated heterocycles. The number of nitrogens with one attached hydrogen (secondary N) is 1. The van der Waals surface area contributed by atoms with E-state index in [1.165, 1.54) is 45.4 Å². The van der Waals surface area contributed by atoms with Gasteiger partial charge >= 0.3 is 0 Å². The van der Waals surface area contributed by atoms with Crippen LogP contribution in [0, 0.1) is 5.92 Å². The van der Waals surface area contributed by atoms with Crippen molar-refractivity contribution in [3.63, 3.8) is 0 Å². The van der Waals surface area contributed by atoms with Gasteiger partial charge in [0.05, 0.1) is 0 Å². The molecule has 0 aromatic carbocycles. The molecule has 1 unspecified atom stereocenters. The molecule has 2 nitrogen and oxygen atoms in total. The van der Waals surface area contributed by atoms with Crippen LogP contribution in [-0.4, -0.2) is 37.1 Å². The van der Waals surface area contributed by atoms with Gasteiger partial charge in [-0.15, -0.1) is 0 Å². The minimum Gasteiger partial charge on any atom is -0.314 e. The standard InChI is InChI=1S/C13H24N2/c1-11-5-7-15(8-6-11)10-12(2)9-14-13-3-4-13/h5,12-14H,3-4,6-10H2,1-2H3. The summed E-state index contributed by atoms with van der Waals surface area (Å²) in [5, 5.41) is 3.61. The summed E-state index contributed by atoms with van der Waals surface area (Å²) in [5.74, 6) is 0.789. The highest BCUT2D eigenvalue weighted by Crippen LogP contribution is 2.19. The third kappa shape index (κ3) is 3.96. The fourth-order valence-electron chi connectivity index (χ4n) is 2.14. The zero-order valence-electron chi connectivity index (χ0n) is 10.1. The smallest absolute Gasteiger partial charge is 0.0165 e. The molecule has 0 aromatic rings. The monoisotopic (exact) mass is 208 g/mol. The van der Waals surface area contributed by atoms with E-state index in [1.807, 2.05) is 0 Å². The van der Waals surface area contributed by atoms with Crippen LogP contribution in [-0.2, 0) is 0 Å². The summed E-state index contributed by atoms with van der Waals surface area (Å²) in [7, 11) is 0. The Morgan fingerprint density at radius 1 is 1.53 bits per heavy atom. The quantitative estimate of drug-likeness (QED) is 0.695. The van der Waals surface area contributed by atoms with E-state index >= 15 is 0 Å². The zero-order valence-corrected chi connectivity index (χ0v) is 10.1. The molecule has 2 heteroatoms. The van der Waals surface area contributed by atoms with Gasteiger partial charge < -0.3 is 5.32 Å². The molecule has 0 spiro atoms. The molecule has 0 bridgehead atoms. The van der Waals surface area contributed by atoms with Crippen LogP contribution < -0.4 is 5.32 Å². The van der Waals surface area contributed by atoms with E-state index in [2.05, 4.69) is 30.1 Å². The summed E-state index contributed by atoms with van der Waals surface area (Å²) in [6.45, 7) is 9.49. The summed E-state index contributed by atoms with van der Waals surface area (Å²) in [5.41, 5.74) is 1.56. The Labute approximate surface area is 93.7 Å². The highest BCUT2D eigenvalue weighted by atomic mass is 15.1. The summed E-state index contributed by atoms with van der Waals surface area (Å²) < 4.78 is 0. The molecule has 1 N–H and O–H groups in total. The number of hydrogen-bond donors (Lipinski definition) is 1. The first-order valence-electron chi connectivity index (χ1n) is 6.35. The lowest BCUT2D eigenvalue weighted by Crippen LogP contribution is -2.36. The van der Waals surface area contributed by atoms with Gasteiger partial charge in [-0.05, 0) is 38.6 Å². The van der Waals surface area contributed by atoms with Crippen molar-refractivity contribution < 1.29 is 0 Å². The van der Waals surface area contributed by atoms with E-state index in [0.29, 0.717) is 0 Å². The van der Waals surface area contributed by atoms with Crippen LogP contribution in [0.2, 0.25) is 0 Å². The van der Waals surface area contributed by atoms with Crippen molar-refractivity contribution in [3.05, 3.63) is 11.6 Å². The van der Waals surface area contributed by atoms with Crippen LogP contribution in [0.4, 0.5) is 0 Å². The van der Waals surface area contributed by atoms with Crippen molar-refractivity contribution in [3.8, 4) is 0 Å². The average Bonchev–Trinajstić information content (AvgIpc) is 3.02. The molecule has 1 fully saturated rings. The second-order valence-corrected chi connectivity index (χ2v) is 5.35. The molecule has 1 heterocycles. The largest absolute Gasteiger partial charge is 0.314 e. The average molecular weight is 208 g/mol. The van der Waals surface area contributed by atoms with Gasteiger partial charge in [-0.25, -0.2) is 0 Å². The SMILES string of the molecule is CC1=CCN(CC(C)CNC2CC2)CC1. The third-order valence-corrected chi connectivity index (χ3v) is 3.42. The molecule has 0 radical (unpaired) electrons. The van der Waals surface area contributed by atoms with Crippen molar-refractivity contribution in [2.24, 2.45) is 5.92 Å². The molecular formula is C13H24N2. The maximum absolute atomic E-state index is 3.61. The molecule has 1 saturated carbocycles. The second-order valence-electron chi connectivity index (χ2n) is 5.35. The fraction of sp³-hybridized carbons (Fsp3) is 0.846. The van der Waals surface area contributed by atoms with Gasteiger partial charge in [0.25, 0.3) is 0 Å². The lowest BCUT2D eigenvalue weighted by Gasteiger charge is -2.28. The van der Waals surface area contributed by atoms with Crippen LogP contribution in [0.5, 0.6) is 0 Å². The van der Waals surface area contributed by atoms with E-state index in [4.69, 9.17) is 0 Å². The van der Waals surface area contributed by atoms with Gasteiger partial charge in [0.2, 0.25) is 0 Å². The highest BCUT2D eigenvalue weighted by molar-refractivity contribution is 5.03. The van der Waals surface area contributed by atoms with E-state index in [1.54, 1.807) is 5.57 Å². The minimum absolute atomic E-state index is 0.789. The predicted molar refractivity (Wildman–Crippen MR) is 65.0 cm³/mol. The molecule has 1 aliphatic carbocycles. The highest BCUT2D eigenvalue weighted by Gasteiger charge is 2.21. The van der Waals surface area contributed by atoms with Crippen LogP contribution in [0.3, 0.4) is 0 Å². The Morgan fingerprint density at radius 2 is 2.33 bits per heavy atom. The van der Waals surface area contributed by atoms with Gasteiger partial charge in [-0.2, -0.15) is 0 Å². The molecule has 1 atom stereocenters. The molecular weight excluding hydrogens is 184 g/mol. The molecule has 0 aromatic heterocycles. The molecule has 2 aliphatic rings. The topological polar surface area (TPSA) is 15.3 Å². The first kappa shape index (κ1) is 11.2. The zero-order chi connectivity index (χ0) is 10.7. The first-order chi connectivity index (χ1) is 7.24. The minimum atomic E-state index is 0.789. The van der Waals surface area contributed by atoms with E-state index in [9.17, 15) is 0 Å². The van der Waals surface area contributed by atoms with Gasteiger partial charge in [0.1, 0.15) is 0 Å². The second kappa shape index (κ2) is 5.13. The number of hydrogen-bond acceptors (Lipinski definition) is 2. The fourth-order valence-corrected chi connectivity index (χ4v) is 2.14. The third-order valence-electron chi connectivity index (χ3n) is 3.42. The van der Waals surface area contributed by atoms with E-state index in [0.717, 1.165) is 12.0 Å². The van der Waals surface area contributed by atoms with Crippen LogP contribution in [0.25, 0.3) is 0 Å². The van der Waals surface area contributed by atoms with Crippen molar-refractivity contribution in [1.82, 2.24) is 10.2 Å². The van der Waals surface area contributed by atoms with Crippen molar-refractivity contribution >= 4 is 0 Å². The Morgan fingerprint density at radius 3 is 2.93 bits per heavy atom. The van der Waals surface area contributed by atoms with Crippen LogP contribution >= 0.6 is 0 Å². The molecule has 0 amide bonds. The summed E-state index contributed by atoms with van der Waals surface area (Å²) in [4.78, 5) is 2.58. The maximum atomic E-state index is 3.61. The lowest BCUT2D eigenvalue weighted by molar-refractivity contribution is 0.250. The maximum Gasteiger partial charge on any atom is 0.0165 e. The normalized spacial score (nSPS) is 25.1. The summed E-state index contributed by atoms with van der Waals surface area (Å²) in [6, 6.07) is 0.857. The molecule has 2 rings (SSSR count). The molecule has 1 aliphatic heterocycles. The Hall–Kier alpha value is -0.340. The number of nitrogens with zero attached hydrogens (tertiary/aromatic N) is 1. The van der Waals surface area contributed by atoms with Crippen molar-refractivity contribution in [2.75, 3.05) is 26.2 Å². The Bertz CT molecular complexity index is 231. The molecule has 15 heavy (non-hydrogen) atoms. The summed E-state index contributed by atoms with van der Waals surface area (Å²) in [6.07, 6.45) is 6.45. The number of rotatable bonds is 5. The van der Waals surface area contributed by atoms with Crippen molar-refractivity contribution in [1.29, 1.82) is 0 Å².